The van der Waals surface area contributed by atoms with Crippen LogP contribution in [0.5, 0.6) is 5.75 Å². The van der Waals surface area contributed by atoms with Crippen LogP contribution in [0.3, 0.4) is 0 Å². The van der Waals surface area contributed by atoms with Crippen molar-refractivity contribution in [2.24, 2.45) is 10.4 Å². The minimum absolute atomic E-state index is 0.345. The second kappa shape index (κ2) is 8.73. The van der Waals surface area contributed by atoms with Gasteiger partial charge in [-0.05, 0) is 44.6 Å². The van der Waals surface area contributed by atoms with E-state index in [0.29, 0.717) is 12.0 Å². The maximum Gasteiger partial charge on any atom is 0.193 e. The molecule has 2 heterocycles. The van der Waals surface area contributed by atoms with Crippen molar-refractivity contribution in [2.75, 3.05) is 60.6 Å². The van der Waals surface area contributed by atoms with Crippen LogP contribution in [0, 0.1) is 5.41 Å². The van der Waals surface area contributed by atoms with Crippen LogP contribution in [0.25, 0.3) is 0 Å². The Morgan fingerprint density at radius 2 is 2.27 bits per heavy atom. The van der Waals surface area contributed by atoms with E-state index in [-0.39, 0.29) is 0 Å². The maximum absolute atomic E-state index is 5.83. The van der Waals surface area contributed by atoms with Gasteiger partial charge >= 0.3 is 0 Å². The summed E-state index contributed by atoms with van der Waals surface area (Å²) in [6, 6.07) is 8.28. The standard InChI is InChI=1S/C20H32N4O2/c1-21-19(24-9-7-20(15-24)8-11-25-16-20)22-14-17-5-4-6-18(13-17)26-12-10-23(2)3/h4-6,13H,7-12,14-16H2,1-3H3,(H,21,22). The van der Waals surface area contributed by atoms with E-state index in [0.717, 1.165) is 51.1 Å². The van der Waals surface area contributed by atoms with Crippen molar-refractivity contribution in [2.45, 2.75) is 19.4 Å². The fourth-order valence-electron chi connectivity index (χ4n) is 3.69. The average Bonchev–Trinajstić information content (AvgIpc) is 3.26. The molecular formula is C20H32N4O2. The molecule has 1 N–H and O–H groups in total. The Balaban J connectivity index is 1.51. The molecule has 2 aliphatic heterocycles. The SMILES string of the molecule is CN=C(NCc1cccc(OCCN(C)C)c1)N1CCC2(CCOC2)C1. The second-order valence-electron chi connectivity index (χ2n) is 7.67. The molecule has 1 aromatic carbocycles. The number of guanidine groups is 1. The minimum Gasteiger partial charge on any atom is -0.492 e. The molecule has 0 aliphatic carbocycles. The lowest BCUT2D eigenvalue weighted by molar-refractivity contribution is 0.156. The minimum atomic E-state index is 0.345. The molecule has 1 aromatic rings. The molecule has 2 saturated heterocycles. The Hall–Kier alpha value is -1.79. The molecule has 0 aromatic heterocycles. The molecule has 0 amide bonds. The normalized spacial score (nSPS) is 23.2. The van der Waals surface area contributed by atoms with Crippen molar-refractivity contribution in [3.05, 3.63) is 29.8 Å². The zero-order valence-electron chi connectivity index (χ0n) is 16.3. The lowest BCUT2D eigenvalue weighted by atomic mass is 9.87. The fourth-order valence-corrected chi connectivity index (χ4v) is 3.69. The highest BCUT2D eigenvalue weighted by molar-refractivity contribution is 5.80. The quantitative estimate of drug-likeness (QED) is 0.619. The predicted octanol–water partition coefficient (Wildman–Crippen LogP) is 1.81. The van der Waals surface area contributed by atoms with Gasteiger partial charge in [0.15, 0.2) is 5.96 Å². The van der Waals surface area contributed by atoms with Crippen LogP contribution >= 0.6 is 0 Å². The topological polar surface area (TPSA) is 49.3 Å². The summed E-state index contributed by atoms with van der Waals surface area (Å²) in [5.74, 6) is 1.90. The van der Waals surface area contributed by atoms with Crippen molar-refractivity contribution in [3.63, 3.8) is 0 Å². The number of hydrogen-bond donors (Lipinski definition) is 1. The monoisotopic (exact) mass is 360 g/mol. The van der Waals surface area contributed by atoms with Gasteiger partial charge in [-0.2, -0.15) is 0 Å². The molecule has 2 aliphatic rings. The number of benzene rings is 1. The molecular weight excluding hydrogens is 328 g/mol. The summed E-state index contributed by atoms with van der Waals surface area (Å²) < 4.78 is 11.5. The molecule has 144 valence electrons. The van der Waals surface area contributed by atoms with E-state index in [1.165, 1.54) is 18.4 Å². The zero-order valence-corrected chi connectivity index (χ0v) is 16.3. The van der Waals surface area contributed by atoms with Crippen LogP contribution in [0.15, 0.2) is 29.3 Å². The third-order valence-corrected chi connectivity index (χ3v) is 5.29. The summed E-state index contributed by atoms with van der Waals surface area (Å²) in [6.45, 7) is 6.25. The Kier molecular flexibility index (Phi) is 6.38. The molecule has 26 heavy (non-hydrogen) atoms. The number of ether oxygens (including phenoxy) is 2. The van der Waals surface area contributed by atoms with E-state index in [1.807, 2.05) is 19.2 Å². The van der Waals surface area contributed by atoms with Gasteiger partial charge in [-0.3, -0.25) is 4.99 Å². The van der Waals surface area contributed by atoms with Crippen LogP contribution in [0.4, 0.5) is 0 Å². The van der Waals surface area contributed by atoms with Gasteiger partial charge in [-0.25, -0.2) is 0 Å². The summed E-state index contributed by atoms with van der Waals surface area (Å²) in [7, 11) is 5.96. The molecule has 0 saturated carbocycles. The van der Waals surface area contributed by atoms with Crippen molar-refractivity contribution < 1.29 is 9.47 Å². The number of likely N-dealkylation sites (tertiary alicyclic amines) is 1. The Morgan fingerprint density at radius 3 is 3.00 bits per heavy atom. The van der Waals surface area contributed by atoms with E-state index in [9.17, 15) is 0 Å². The first-order valence-corrected chi connectivity index (χ1v) is 9.50. The number of rotatable bonds is 6. The van der Waals surface area contributed by atoms with Gasteiger partial charge < -0.3 is 24.6 Å². The number of likely N-dealkylation sites (N-methyl/N-ethyl adjacent to an activating group) is 1. The molecule has 1 unspecified atom stereocenters. The molecule has 0 bridgehead atoms. The Morgan fingerprint density at radius 1 is 1.38 bits per heavy atom. The van der Waals surface area contributed by atoms with Gasteiger partial charge in [-0.1, -0.05) is 12.1 Å². The smallest absolute Gasteiger partial charge is 0.193 e. The molecule has 6 nitrogen and oxygen atoms in total. The van der Waals surface area contributed by atoms with Gasteiger partial charge in [0.1, 0.15) is 12.4 Å². The van der Waals surface area contributed by atoms with E-state index >= 15 is 0 Å². The lowest BCUT2D eigenvalue weighted by Gasteiger charge is -2.25. The first-order chi connectivity index (χ1) is 12.6. The summed E-state index contributed by atoms with van der Waals surface area (Å²) in [5.41, 5.74) is 1.55. The van der Waals surface area contributed by atoms with E-state index in [1.54, 1.807) is 0 Å². The summed E-state index contributed by atoms with van der Waals surface area (Å²) >= 11 is 0. The van der Waals surface area contributed by atoms with Gasteiger partial charge in [0.25, 0.3) is 0 Å². The fraction of sp³-hybridized carbons (Fsp3) is 0.650. The molecule has 2 fully saturated rings. The molecule has 1 atom stereocenters. The van der Waals surface area contributed by atoms with Gasteiger partial charge in [0, 0.05) is 45.2 Å². The van der Waals surface area contributed by atoms with Crippen LogP contribution in [-0.4, -0.2) is 76.4 Å². The number of aliphatic imine (C=N–C) groups is 1. The van der Waals surface area contributed by atoms with E-state index < -0.39 is 0 Å². The molecule has 1 spiro atoms. The van der Waals surface area contributed by atoms with Gasteiger partial charge in [0.05, 0.1) is 6.61 Å². The van der Waals surface area contributed by atoms with Crippen LogP contribution in [-0.2, 0) is 11.3 Å². The summed E-state index contributed by atoms with van der Waals surface area (Å²) in [6.07, 6.45) is 2.37. The largest absolute Gasteiger partial charge is 0.492 e. The van der Waals surface area contributed by atoms with Crippen LogP contribution in [0.2, 0.25) is 0 Å². The highest BCUT2D eigenvalue weighted by Crippen LogP contribution is 2.38. The summed E-state index contributed by atoms with van der Waals surface area (Å²) in [5, 5.41) is 3.51. The molecule has 0 radical (unpaired) electrons. The van der Waals surface area contributed by atoms with Crippen LogP contribution in [0.1, 0.15) is 18.4 Å². The van der Waals surface area contributed by atoms with Gasteiger partial charge in [0.2, 0.25) is 0 Å². The first-order valence-electron chi connectivity index (χ1n) is 9.50. The van der Waals surface area contributed by atoms with Crippen molar-refractivity contribution in [1.29, 1.82) is 0 Å². The second-order valence-corrected chi connectivity index (χ2v) is 7.67. The maximum atomic E-state index is 5.83. The third kappa shape index (κ3) is 4.89. The van der Waals surface area contributed by atoms with Crippen LogP contribution < -0.4 is 10.1 Å². The highest BCUT2D eigenvalue weighted by Gasteiger charge is 2.42. The molecule has 6 heteroatoms. The summed E-state index contributed by atoms with van der Waals surface area (Å²) in [4.78, 5) is 8.97. The third-order valence-electron chi connectivity index (χ3n) is 5.29. The lowest BCUT2D eigenvalue weighted by Crippen LogP contribution is -2.41. The average molecular weight is 361 g/mol. The Labute approximate surface area is 157 Å². The van der Waals surface area contributed by atoms with Crippen molar-refractivity contribution >= 4 is 5.96 Å². The first kappa shape index (κ1) is 19.0. The van der Waals surface area contributed by atoms with E-state index in [4.69, 9.17) is 9.47 Å². The highest BCUT2D eigenvalue weighted by atomic mass is 16.5. The van der Waals surface area contributed by atoms with E-state index in [2.05, 4.69) is 46.3 Å². The number of nitrogens with zero attached hydrogens (tertiary/aromatic N) is 3. The predicted molar refractivity (Wildman–Crippen MR) is 105 cm³/mol. The van der Waals surface area contributed by atoms with Crippen molar-refractivity contribution in [1.82, 2.24) is 15.1 Å². The number of hydrogen-bond acceptors (Lipinski definition) is 4. The Bertz CT molecular complexity index is 612. The van der Waals surface area contributed by atoms with Crippen molar-refractivity contribution in [3.8, 4) is 5.75 Å². The number of nitrogens with one attached hydrogen (secondary N) is 1. The zero-order chi connectivity index (χ0) is 18.4. The van der Waals surface area contributed by atoms with Gasteiger partial charge in [-0.15, -0.1) is 0 Å². The molecule has 3 rings (SSSR count).